The average Bonchev–Trinajstić information content (AvgIpc) is 2.77. The molecule has 152 valence electrons. The number of amides is 2. The molecule has 0 unspecified atom stereocenters. The van der Waals surface area contributed by atoms with Crippen molar-refractivity contribution in [3.63, 3.8) is 0 Å². The molecule has 0 aromatic heterocycles. The minimum absolute atomic E-state index is 0.0121. The zero-order valence-electron chi connectivity index (χ0n) is 16.2. The minimum Gasteiger partial charge on any atom is -0.484 e. The molecule has 0 radical (unpaired) electrons. The van der Waals surface area contributed by atoms with Gasteiger partial charge in [0.2, 0.25) is 0 Å². The Balaban J connectivity index is 1.60. The van der Waals surface area contributed by atoms with Crippen LogP contribution in [0.5, 0.6) is 5.75 Å². The number of likely N-dealkylation sites (tertiary alicyclic amines) is 1. The van der Waals surface area contributed by atoms with E-state index in [-0.39, 0.29) is 29.7 Å². The normalized spacial score (nSPS) is 13.6. The number of ether oxygens (including phenoxy) is 1. The van der Waals surface area contributed by atoms with Crippen molar-refractivity contribution < 1.29 is 19.2 Å². The maximum Gasteiger partial charge on any atom is 0.270 e. The summed E-state index contributed by atoms with van der Waals surface area (Å²) in [5.74, 6) is 0.157. The number of hydrogen-bond acceptors (Lipinski definition) is 5. The highest BCUT2D eigenvalue weighted by Gasteiger charge is 2.18. The second-order valence-corrected chi connectivity index (χ2v) is 6.90. The first-order chi connectivity index (χ1) is 14.0. The van der Waals surface area contributed by atoms with Gasteiger partial charge in [0.15, 0.2) is 6.61 Å². The van der Waals surface area contributed by atoms with Gasteiger partial charge in [0.1, 0.15) is 5.75 Å². The predicted molar refractivity (Wildman–Crippen MR) is 108 cm³/mol. The van der Waals surface area contributed by atoms with E-state index in [1.165, 1.54) is 29.2 Å². The van der Waals surface area contributed by atoms with E-state index in [0.717, 1.165) is 32.4 Å². The van der Waals surface area contributed by atoms with Crippen LogP contribution in [0, 0.1) is 10.1 Å². The second kappa shape index (κ2) is 9.18. The van der Waals surface area contributed by atoms with Crippen molar-refractivity contribution >= 4 is 23.2 Å². The number of anilines is 1. The summed E-state index contributed by atoms with van der Waals surface area (Å²) in [6, 6.07) is 12.4. The smallest absolute Gasteiger partial charge is 0.270 e. The maximum absolute atomic E-state index is 12.6. The molecule has 2 aromatic rings. The summed E-state index contributed by atoms with van der Waals surface area (Å²) >= 11 is 0. The van der Waals surface area contributed by atoms with Crippen LogP contribution in [0.3, 0.4) is 0 Å². The molecule has 0 N–H and O–H groups in total. The number of carbonyl (C=O) groups excluding carboxylic acids is 2. The number of carbonyl (C=O) groups is 2. The monoisotopic (exact) mass is 397 g/mol. The van der Waals surface area contributed by atoms with Gasteiger partial charge in [-0.25, -0.2) is 0 Å². The Bertz CT molecular complexity index is 891. The molecule has 0 aliphatic carbocycles. The Morgan fingerprint density at radius 3 is 2.45 bits per heavy atom. The predicted octanol–water partition coefficient (Wildman–Crippen LogP) is 3.26. The molecular formula is C21H23N3O5. The zero-order chi connectivity index (χ0) is 20.8. The van der Waals surface area contributed by atoms with Crippen LogP contribution in [0.1, 0.15) is 29.6 Å². The summed E-state index contributed by atoms with van der Waals surface area (Å²) < 4.78 is 5.57. The summed E-state index contributed by atoms with van der Waals surface area (Å²) in [5.41, 5.74) is 0.705. The van der Waals surface area contributed by atoms with E-state index in [4.69, 9.17) is 4.74 Å². The topological polar surface area (TPSA) is 93.0 Å². The van der Waals surface area contributed by atoms with Gasteiger partial charge in [0, 0.05) is 43.5 Å². The summed E-state index contributed by atoms with van der Waals surface area (Å²) in [6.07, 6.45) is 3.23. The quantitative estimate of drug-likeness (QED) is 0.551. The first-order valence-corrected chi connectivity index (χ1v) is 9.49. The number of non-ortho nitro benzene ring substituents is 1. The number of benzene rings is 2. The van der Waals surface area contributed by atoms with Crippen LogP contribution >= 0.6 is 0 Å². The molecule has 29 heavy (non-hydrogen) atoms. The van der Waals surface area contributed by atoms with Gasteiger partial charge in [-0.05, 0) is 49.6 Å². The van der Waals surface area contributed by atoms with Gasteiger partial charge in [0.05, 0.1) is 4.92 Å². The highest BCUT2D eigenvalue weighted by molar-refractivity contribution is 6.06. The Morgan fingerprint density at radius 2 is 1.79 bits per heavy atom. The van der Waals surface area contributed by atoms with Crippen LogP contribution in [0.4, 0.5) is 11.4 Å². The van der Waals surface area contributed by atoms with Crippen molar-refractivity contribution in [2.24, 2.45) is 0 Å². The summed E-state index contributed by atoms with van der Waals surface area (Å²) in [5, 5.41) is 10.9. The third-order valence-electron chi connectivity index (χ3n) is 4.90. The fraction of sp³-hybridized carbons (Fsp3) is 0.333. The fourth-order valence-electron chi connectivity index (χ4n) is 3.21. The fourth-order valence-corrected chi connectivity index (χ4v) is 3.21. The molecule has 8 heteroatoms. The third-order valence-corrected chi connectivity index (χ3v) is 4.90. The first kappa shape index (κ1) is 20.3. The standard InChI is InChI=1S/C21H23N3O5/c1-22(21(26)16-6-5-7-18(14-16)24(27)28)17-8-10-19(11-9-17)29-15-20(25)23-12-3-2-4-13-23/h5-11,14H,2-4,12-13,15H2,1H3. The Labute approximate surface area is 168 Å². The molecule has 0 saturated carbocycles. The Morgan fingerprint density at radius 1 is 1.10 bits per heavy atom. The van der Waals surface area contributed by atoms with Crippen molar-refractivity contribution in [3.8, 4) is 5.75 Å². The van der Waals surface area contributed by atoms with Crippen LogP contribution < -0.4 is 9.64 Å². The molecule has 0 bridgehead atoms. The van der Waals surface area contributed by atoms with Crippen molar-refractivity contribution in [3.05, 3.63) is 64.2 Å². The molecule has 1 saturated heterocycles. The van der Waals surface area contributed by atoms with E-state index in [1.54, 1.807) is 31.3 Å². The molecule has 0 atom stereocenters. The number of nitrogens with zero attached hydrogens (tertiary/aromatic N) is 3. The molecular weight excluding hydrogens is 374 g/mol. The highest BCUT2D eigenvalue weighted by atomic mass is 16.6. The van der Waals surface area contributed by atoms with E-state index in [0.29, 0.717) is 11.4 Å². The van der Waals surface area contributed by atoms with Gasteiger partial charge in [-0.3, -0.25) is 19.7 Å². The van der Waals surface area contributed by atoms with Crippen molar-refractivity contribution in [1.29, 1.82) is 0 Å². The summed E-state index contributed by atoms with van der Waals surface area (Å²) in [4.78, 5) is 38.4. The molecule has 1 aliphatic rings. The van der Waals surface area contributed by atoms with E-state index >= 15 is 0 Å². The summed E-state index contributed by atoms with van der Waals surface area (Å²) in [7, 11) is 1.59. The summed E-state index contributed by atoms with van der Waals surface area (Å²) in [6.45, 7) is 1.55. The van der Waals surface area contributed by atoms with E-state index in [2.05, 4.69) is 0 Å². The molecule has 1 aliphatic heterocycles. The van der Waals surface area contributed by atoms with Gasteiger partial charge < -0.3 is 14.5 Å². The van der Waals surface area contributed by atoms with E-state index < -0.39 is 4.92 Å². The third kappa shape index (κ3) is 5.10. The number of piperidine rings is 1. The minimum atomic E-state index is -0.534. The van der Waals surface area contributed by atoms with Gasteiger partial charge in [-0.2, -0.15) is 0 Å². The number of nitro groups is 1. The van der Waals surface area contributed by atoms with Crippen LogP contribution in [0.15, 0.2) is 48.5 Å². The van der Waals surface area contributed by atoms with E-state index in [9.17, 15) is 19.7 Å². The second-order valence-electron chi connectivity index (χ2n) is 6.90. The Hall–Kier alpha value is -3.42. The van der Waals surface area contributed by atoms with Crippen molar-refractivity contribution in [2.45, 2.75) is 19.3 Å². The molecule has 2 amide bonds. The van der Waals surface area contributed by atoms with Gasteiger partial charge in [0.25, 0.3) is 17.5 Å². The Kier molecular flexibility index (Phi) is 6.43. The van der Waals surface area contributed by atoms with Gasteiger partial charge >= 0.3 is 0 Å². The van der Waals surface area contributed by atoms with Gasteiger partial charge in [-0.15, -0.1) is 0 Å². The lowest BCUT2D eigenvalue weighted by Gasteiger charge is -2.26. The van der Waals surface area contributed by atoms with Crippen molar-refractivity contribution in [2.75, 3.05) is 31.6 Å². The number of rotatable bonds is 6. The maximum atomic E-state index is 12.6. The van der Waals surface area contributed by atoms with Gasteiger partial charge in [-0.1, -0.05) is 6.07 Å². The SMILES string of the molecule is CN(C(=O)c1cccc([N+](=O)[O-])c1)c1ccc(OCC(=O)N2CCCCC2)cc1. The molecule has 1 heterocycles. The lowest BCUT2D eigenvalue weighted by atomic mass is 10.1. The molecule has 8 nitrogen and oxygen atoms in total. The van der Waals surface area contributed by atoms with Crippen LogP contribution in [-0.2, 0) is 4.79 Å². The molecule has 2 aromatic carbocycles. The largest absolute Gasteiger partial charge is 0.484 e. The van der Waals surface area contributed by atoms with E-state index in [1.807, 2.05) is 4.90 Å². The van der Waals surface area contributed by atoms with Crippen molar-refractivity contribution in [1.82, 2.24) is 4.90 Å². The lowest BCUT2D eigenvalue weighted by molar-refractivity contribution is -0.384. The van der Waals surface area contributed by atoms with Crippen LogP contribution in [0.2, 0.25) is 0 Å². The number of hydrogen-bond donors (Lipinski definition) is 0. The average molecular weight is 397 g/mol. The molecule has 0 spiro atoms. The molecule has 1 fully saturated rings. The first-order valence-electron chi connectivity index (χ1n) is 9.49. The number of nitro benzene ring substituents is 1. The zero-order valence-corrected chi connectivity index (χ0v) is 16.2. The van der Waals surface area contributed by atoms with Crippen LogP contribution in [0.25, 0.3) is 0 Å². The lowest BCUT2D eigenvalue weighted by Crippen LogP contribution is -2.38. The van der Waals surface area contributed by atoms with Crippen LogP contribution in [-0.4, -0.2) is 48.4 Å². The highest BCUT2D eigenvalue weighted by Crippen LogP contribution is 2.22. The molecule has 3 rings (SSSR count).